The fourth-order valence-electron chi connectivity index (χ4n) is 1.62. The number of hydrogen-bond acceptors (Lipinski definition) is 3. The van der Waals surface area contributed by atoms with Crippen LogP contribution in [0, 0.1) is 11.3 Å². The van der Waals surface area contributed by atoms with Crippen molar-refractivity contribution in [2.24, 2.45) is 0 Å². The highest BCUT2D eigenvalue weighted by atomic mass is 16.3. The monoisotopic (exact) mass is 168 g/mol. The molecule has 3 heteroatoms. The molecule has 0 bridgehead atoms. The van der Waals surface area contributed by atoms with E-state index in [9.17, 15) is 5.11 Å². The van der Waals surface area contributed by atoms with Crippen LogP contribution in [0.25, 0.3) is 0 Å². The lowest BCUT2D eigenvalue weighted by Gasteiger charge is -2.29. The van der Waals surface area contributed by atoms with Gasteiger partial charge in [-0.3, -0.25) is 0 Å². The van der Waals surface area contributed by atoms with Gasteiger partial charge in [-0.15, -0.1) is 0 Å². The van der Waals surface area contributed by atoms with Gasteiger partial charge in [0.2, 0.25) is 0 Å². The molecule has 12 heavy (non-hydrogen) atoms. The van der Waals surface area contributed by atoms with Gasteiger partial charge in [0.1, 0.15) is 0 Å². The molecule has 0 unspecified atom stereocenters. The van der Waals surface area contributed by atoms with Gasteiger partial charge in [-0.2, -0.15) is 5.26 Å². The highest BCUT2D eigenvalue weighted by Crippen LogP contribution is 2.09. The number of aliphatic hydroxyl groups is 1. The fraction of sp³-hybridized carbons (Fsp3) is 0.889. The van der Waals surface area contributed by atoms with Crippen LogP contribution in [0.1, 0.15) is 25.7 Å². The van der Waals surface area contributed by atoms with Crippen LogP contribution in [0.5, 0.6) is 0 Å². The summed E-state index contributed by atoms with van der Waals surface area (Å²) < 4.78 is 0. The number of nitrogens with zero attached hydrogens (tertiary/aromatic N) is 2. The third-order valence-corrected chi connectivity index (χ3v) is 2.24. The zero-order chi connectivity index (χ0) is 8.81. The summed E-state index contributed by atoms with van der Waals surface area (Å²) in [5.74, 6) is 0. The summed E-state index contributed by atoms with van der Waals surface area (Å²) in [6, 6.07) is 2.13. The number of aliphatic hydroxyl groups excluding tert-OH is 1. The highest BCUT2D eigenvalue weighted by molar-refractivity contribution is 4.74. The van der Waals surface area contributed by atoms with E-state index < -0.39 is 0 Å². The maximum Gasteiger partial charge on any atom is 0.0667 e. The molecule has 1 aliphatic rings. The zero-order valence-corrected chi connectivity index (χ0v) is 7.37. The number of piperidine rings is 1. The van der Waals surface area contributed by atoms with Crippen molar-refractivity contribution >= 4 is 0 Å². The first-order valence-corrected chi connectivity index (χ1v) is 4.60. The van der Waals surface area contributed by atoms with Gasteiger partial charge in [-0.05, 0) is 32.4 Å². The van der Waals surface area contributed by atoms with Crippen LogP contribution >= 0.6 is 0 Å². The molecule has 0 aliphatic carbocycles. The highest BCUT2D eigenvalue weighted by Gasteiger charge is 2.16. The van der Waals surface area contributed by atoms with E-state index >= 15 is 0 Å². The van der Waals surface area contributed by atoms with Crippen molar-refractivity contribution in [1.82, 2.24) is 4.90 Å². The van der Waals surface area contributed by atoms with Gasteiger partial charge in [0.05, 0.1) is 12.2 Å². The predicted molar refractivity (Wildman–Crippen MR) is 46.5 cm³/mol. The van der Waals surface area contributed by atoms with Crippen LogP contribution in [0.4, 0.5) is 0 Å². The molecule has 0 aromatic heterocycles. The van der Waals surface area contributed by atoms with E-state index in [0.29, 0.717) is 6.42 Å². The average Bonchev–Trinajstić information content (AvgIpc) is 2.05. The maximum atomic E-state index is 9.33. The number of nitriles is 1. The van der Waals surface area contributed by atoms with E-state index in [1.54, 1.807) is 0 Å². The maximum absolute atomic E-state index is 9.33. The summed E-state index contributed by atoms with van der Waals surface area (Å²) in [4.78, 5) is 2.24. The van der Waals surface area contributed by atoms with Crippen molar-refractivity contribution in [3.63, 3.8) is 0 Å². The van der Waals surface area contributed by atoms with Crippen molar-refractivity contribution in [3.8, 4) is 6.07 Å². The summed E-state index contributed by atoms with van der Waals surface area (Å²) in [7, 11) is 0. The van der Waals surface area contributed by atoms with Crippen LogP contribution in [0.2, 0.25) is 0 Å². The van der Waals surface area contributed by atoms with Crippen LogP contribution < -0.4 is 0 Å². The van der Waals surface area contributed by atoms with Gasteiger partial charge in [0.15, 0.2) is 0 Å². The Hall–Kier alpha value is -0.590. The van der Waals surface area contributed by atoms with E-state index in [-0.39, 0.29) is 6.10 Å². The van der Waals surface area contributed by atoms with E-state index in [2.05, 4.69) is 11.0 Å². The van der Waals surface area contributed by atoms with Crippen LogP contribution in [0.3, 0.4) is 0 Å². The van der Waals surface area contributed by atoms with Crippen molar-refractivity contribution < 1.29 is 5.11 Å². The van der Waals surface area contributed by atoms with E-state index in [0.717, 1.165) is 38.9 Å². The van der Waals surface area contributed by atoms with Crippen LogP contribution in [-0.4, -0.2) is 35.7 Å². The smallest absolute Gasteiger partial charge is 0.0667 e. The molecule has 1 aliphatic heterocycles. The second kappa shape index (κ2) is 5.13. The number of hydrogen-bond donors (Lipinski definition) is 1. The Balaban J connectivity index is 2.11. The number of unbranched alkanes of at least 4 members (excludes halogenated alkanes) is 1. The lowest BCUT2D eigenvalue weighted by Crippen LogP contribution is -2.38. The Bertz CT molecular complexity index is 164. The summed E-state index contributed by atoms with van der Waals surface area (Å²) in [5, 5.41) is 17.7. The van der Waals surface area contributed by atoms with E-state index in [4.69, 9.17) is 5.26 Å². The summed E-state index contributed by atoms with van der Waals surface area (Å²) >= 11 is 0. The Morgan fingerprint density at radius 3 is 3.08 bits per heavy atom. The van der Waals surface area contributed by atoms with Gasteiger partial charge < -0.3 is 10.0 Å². The molecule has 1 atom stereocenters. The Morgan fingerprint density at radius 1 is 1.58 bits per heavy atom. The van der Waals surface area contributed by atoms with Crippen molar-refractivity contribution in [2.45, 2.75) is 31.8 Å². The van der Waals surface area contributed by atoms with Gasteiger partial charge in [0.25, 0.3) is 0 Å². The minimum absolute atomic E-state index is 0.138. The van der Waals surface area contributed by atoms with Gasteiger partial charge in [-0.1, -0.05) is 0 Å². The normalized spacial score (nSPS) is 25.2. The second-order valence-electron chi connectivity index (χ2n) is 3.36. The van der Waals surface area contributed by atoms with Gasteiger partial charge in [-0.25, -0.2) is 0 Å². The largest absolute Gasteiger partial charge is 0.392 e. The fourth-order valence-corrected chi connectivity index (χ4v) is 1.62. The molecular formula is C9H16N2O. The molecule has 0 aromatic rings. The van der Waals surface area contributed by atoms with Crippen molar-refractivity contribution in [1.29, 1.82) is 5.26 Å². The molecule has 0 saturated carbocycles. The summed E-state index contributed by atoms with van der Waals surface area (Å²) in [6.07, 6.45) is 3.46. The number of β-amino-alcohol motifs (C(OH)–C–C–N with tert-alkyl or cyclic N) is 1. The molecule has 0 spiro atoms. The van der Waals surface area contributed by atoms with E-state index in [1.807, 2.05) is 0 Å². The SMILES string of the molecule is N#CCCCN1CCC[C@H](O)C1. The topological polar surface area (TPSA) is 47.3 Å². The quantitative estimate of drug-likeness (QED) is 0.632. The molecule has 68 valence electrons. The Kier molecular flexibility index (Phi) is 4.06. The van der Waals surface area contributed by atoms with Crippen LogP contribution in [0.15, 0.2) is 0 Å². The molecule has 0 radical (unpaired) electrons. The average molecular weight is 168 g/mol. The molecule has 0 amide bonds. The zero-order valence-electron chi connectivity index (χ0n) is 7.37. The standard InChI is InChI=1S/C9H16N2O/c10-5-1-2-6-11-7-3-4-9(12)8-11/h9,12H,1-4,6-8H2/t9-/m0/s1. The molecule has 3 nitrogen and oxygen atoms in total. The molecular weight excluding hydrogens is 152 g/mol. The molecule has 1 N–H and O–H groups in total. The predicted octanol–water partition coefficient (Wildman–Crippen LogP) is 0.747. The van der Waals surface area contributed by atoms with Crippen molar-refractivity contribution in [2.75, 3.05) is 19.6 Å². The lowest BCUT2D eigenvalue weighted by atomic mass is 10.1. The molecule has 0 aromatic carbocycles. The first-order valence-electron chi connectivity index (χ1n) is 4.60. The second-order valence-corrected chi connectivity index (χ2v) is 3.36. The summed E-state index contributed by atoms with van der Waals surface area (Å²) in [6.45, 7) is 2.85. The number of likely N-dealkylation sites (tertiary alicyclic amines) is 1. The number of rotatable bonds is 3. The third-order valence-electron chi connectivity index (χ3n) is 2.24. The molecule has 1 fully saturated rings. The Morgan fingerprint density at radius 2 is 2.42 bits per heavy atom. The van der Waals surface area contributed by atoms with Gasteiger partial charge in [0, 0.05) is 13.0 Å². The van der Waals surface area contributed by atoms with Crippen molar-refractivity contribution in [3.05, 3.63) is 0 Å². The van der Waals surface area contributed by atoms with Gasteiger partial charge >= 0.3 is 0 Å². The Labute approximate surface area is 73.6 Å². The minimum Gasteiger partial charge on any atom is -0.392 e. The molecule has 1 rings (SSSR count). The first kappa shape index (κ1) is 9.50. The first-order chi connectivity index (χ1) is 5.83. The van der Waals surface area contributed by atoms with E-state index in [1.165, 1.54) is 0 Å². The third kappa shape index (κ3) is 3.21. The summed E-state index contributed by atoms with van der Waals surface area (Å²) in [5.41, 5.74) is 0. The molecule has 1 heterocycles. The van der Waals surface area contributed by atoms with Crippen LogP contribution in [-0.2, 0) is 0 Å². The lowest BCUT2D eigenvalue weighted by molar-refractivity contribution is 0.0704. The molecule has 1 saturated heterocycles. The minimum atomic E-state index is -0.138.